The van der Waals surface area contributed by atoms with Crippen LogP contribution in [0, 0.1) is 25.2 Å². The lowest BCUT2D eigenvalue weighted by molar-refractivity contribution is -0.116. The third kappa shape index (κ3) is 4.13. The van der Waals surface area contributed by atoms with E-state index < -0.39 is 0 Å². The van der Waals surface area contributed by atoms with E-state index in [2.05, 4.69) is 27.3 Å². The summed E-state index contributed by atoms with van der Waals surface area (Å²) >= 11 is 0. The van der Waals surface area contributed by atoms with Crippen molar-refractivity contribution in [2.45, 2.75) is 46.5 Å². The van der Waals surface area contributed by atoms with Crippen molar-refractivity contribution >= 4 is 11.7 Å². The fourth-order valence-electron chi connectivity index (χ4n) is 2.23. The van der Waals surface area contributed by atoms with Crippen molar-refractivity contribution in [3.63, 3.8) is 0 Å². The number of nitriles is 1. The van der Waals surface area contributed by atoms with Crippen LogP contribution in [0.5, 0.6) is 0 Å². The number of anilines is 1. The van der Waals surface area contributed by atoms with Crippen LogP contribution in [-0.2, 0) is 4.79 Å². The van der Waals surface area contributed by atoms with Crippen LogP contribution in [-0.4, -0.2) is 25.7 Å². The first-order valence-electron chi connectivity index (χ1n) is 7.65. The Morgan fingerprint density at radius 1 is 1.30 bits per heavy atom. The molecule has 0 aliphatic carbocycles. The summed E-state index contributed by atoms with van der Waals surface area (Å²) in [5.41, 5.74) is 1.88. The normalized spacial score (nSPS) is 10.3. The number of carbonyl (C=O) groups is 1. The number of aryl methyl sites for hydroxylation is 2. The number of rotatable bonds is 6. The Bertz CT molecular complexity index is 723. The summed E-state index contributed by atoms with van der Waals surface area (Å²) in [5.74, 6) is 0.521. The zero-order valence-corrected chi connectivity index (χ0v) is 13.6. The van der Waals surface area contributed by atoms with Gasteiger partial charge < -0.3 is 5.32 Å². The minimum Gasteiger partial charge on any atom is -0.309 e. The first-order valence-corrected chi connectivity index (χ1v) is 7.65. The van der Waals surface area contributed by atoms with Gasteiger partial charge in [0.05, 0.1) is 6.20 Å². The Hall–Kier alpha value is -2.75. The van der Waals surface area contributed by atoms with Gasteiger partial charge in [0.25, 0.3) is 5.95 Å². The molecule has 0 atom stereocenters. The molecule has 0 radical (unpaired) electrons. The molecule has 1 amide bonds. The zero-order chi connectivity index (χ0) is 16.8. The number of aromatic nitrogens is 4. The third-order valence-electron chi connectivity index (χ3n) is 3.31. The van der Waals surface area contributed by atoms with Crippen molar-refractivity contribution in [2.24, 2.45) is 0 Å². The standard InChI is InChI=1S/C16H20N6O/c1-4-5-6-7-14(23)21-15-13(9-17)10-18-22(15)16-19-11(2)8-12(3)20-16/h8,10H,4-7H2,1-3H3,(H,21,23). The highest BCUT2D eigenvalue weighted by atomic mass is 16.1. The van der Waals surface area contributed by atoms with Crippen LogP contribution < -0.4 is 5.32 Å². The molecule has 2 heterocycles. The molecule has 0 bridgehead atoms. The Kier molecular flexibility index (Phi) is 5.41. The molecule has 23 heavy (non-hydrogen) atoms. The van der Waals surface area contributed by atoms with Gasteiger partial charge in [0.1, 0.15) is 11.6 Å². The summed E-state index contributed by atoms with van der Waals surface area (Å²) < 4.78 is 1.40. The van der Waals surface area contributed by atoms with Crippen LogP contribution in [0.2, 0.25) is 0 Å². The molecular formula is C16H20N6O. The number of nitrogens with one attached hydrogen (secondary N) is 1. The highest BCUT2D eigenvalue weighted by Gasteiger charge is 2.17. The molecule has 2 aromatic heterocycles. The first kappa shape index (κ1) is 16.6. The summed E-state index contributed by atoms with van der Waals surface area (Å²) in [5, 5.41) is 16.1. The van der Waals surface area contributed by atoms with Gasteiger partial charge in [0.15, 0.2) is 5.82 Å². The highest BCUT2D eigenvalue weighted by molar-refractivity contribution is 5.91. The van der Waals surface area contributed by atoms with Crippen molar-refractivity contribution in [3.8, 4) is 12.0 Å². The summed E-state index contributed by atoms with van der Waals surface area (Å²) in [4.78, 5) is 20.7. The van der Waals surface area contributed by atoms with Crippen LogP contribution in [0.25, 0.3) is 5.95 Å². The van der Waals surface area contributed by atoms with E-state index in [-0.39, 0.29) is 11.5 Å². The van der Waals surface area contributed by atoms with E-state index in [9.17, 15) is 10.1 Å². The molecule has 0 saturated heterocycles. The molecule has 2 rings (SSSR count). The summed E-state index contributed by atoms with van der Waals surface area (Å²) in [6, 6.07) is 3.88. The second kappa shape index (κ2) is 7.49. The van der Waals surface area contributed by atoms with Gasteiger partial charge in [-0.3, -0.25) is 4.79 Å². The lowest BCUT2D eigenvalue weighted by Gasteiger charge is -2.09. The van der Waals surface area contributed by atoms with Gasteiger partial charge in [-0.25, -0.2) is 9.97 Å². The van der Waals surface area contributed by atoms with Gasteiger partial charge in [-0.1, -0.05) is 19.8 Å². The second-order valence-corrected chi connectivity index (χ2v) is 5.39. The van der Waals surface area contributed by atoms with Crippen molar-refractivity contribution < 1.29 is 4.79 Å². The van der Waals surface area contributed by atoms with Crippen LogP contribution >= 0.6 is 0 Å². The van der Waals surface area contributed by atoms with E-state index >= 15 is 0 Å². The average molecular weight is 312 g/mol. The largest absolute Gasteiger partial charge is 0.309 e. The number of amides is 1. The van der Waals surface area contributed by atoms with Crippen LogP contribution in [0.3, 0.4) is 0 Å². The number of hydrogen-bond acceptors (Lipinski definition) is 5. The Morgan fingerprint density at radius 2 is 2.00 bits per heavy atom. The van der Waals surface area contributed by atoms with Crippen LogP contribution in [0.15, 0.2) is 12.3 Å². The predicted molar refractivity (Wildman–Crippen MR) is 86.1 cm³/mol. The maximum atomic E-state index is 12.1. The molecule has 2 aromatic rings. The third-order valence-corrected chi connectivity index (χ3v) is 3.31. The minimum absolute atomic E-state index is 0.138. The van der Waals surface area contributed by atoms with E-state index in [1.807, 2.05) is 26.0 Å². The van der Waals surface area contributed by atoms with E-state index in [1.165, 1.54) is 10.9 Å². The van der Waals surface area contributed by atoms with Gasteiger partial charge >= 0.3 is 0 Å². The van der Waals surface area contributed by atoms with E-state index in [0.29, 0.717) is 18.2 Å². The predicted octanol–water partition coefficient (Wildman–Crippen LogP) is 2.67. The van der Waals surface area contributed by atoms with Gasteiger partial charge in [0, 0.05) is 17.8 Å². The van der Waals surface area contributed by atoms with Crippen molar-refractivity contribution in [1.82, 2.24) is 19.7 Å². The summed E-state index contributed by atoms with van der Waals surface area (Å²) in [6.07, 6.45) is 4.68. The Balaban J connectivity index is 2.30. The topological polar surface area (TPSA) is 96.5 Å². The van der Waals surface area contributed by atoms with Gasteiger partial charge in [-0.2, -0.15) is 15.0 Å². The maximum Gasteiger partial charge on any atom is 0.252 e. The van der Waals surface area contributed by atoms with Crippen molar-refractivity contribution in [3.05, 3.63) is 29.2 Å². The molecule has 0 aliphatic heterocycles. The summed E-state index contributed by atoms with van der Waals surface area (Å²) in [6.45, 7) is 5.80. The quantitative estimate of drug-likeness (QED) is 0.827. The van der Waals surface area contributed by atoms with Gasteiger partial charge in [0.2, 0.25) is 5.91 Å². The number of carbonyl (C=O) groups excluding carboxylic acids is 1. The molecule has 0 saturated carbocycles. The fourth-order valence-corrected chi connectivity index (χ4v) is 2.23. The molecule has 7 heteroatoms. The Labute approximate surface area is 135 Å². The first-order chi connectivity index (χ1) is 11.0. The Morgan fingerprint density at radius 3 is 2.61 bits per heavy atom. The smallest absolute Gasteiger partial charge is 0.252 e. The molecule has 0 aromatic carbocycles. The molecule has 120 valence electrons. The van der Waals surface area contributed by atoms with E-state index in [4.69, 9.17) is 0 Å². The molecular weight excluding hydrogens is 292 g/mol. The molecule has 0 spiro atoms. The fraction of sp³-hybridized carbons (Fsp3) is 0.438. The van der Waals surface area contributed by atoms with Gasteiger partial charge in [-0.05, 0) is 26.3 Å². The number of unbranched alkanes of at least 4 members (excludes halogenated alkanes) is 2. The monoisotopic (exact) mass is 312 g/mol. The number of nitrogens with zero attached hydrogens (tertiary/aromatic N) is 5. The summed E-state index contributed by atoms with van der Waals surface area (Å²) in [7, 11) is 0. The zero-order valence-electron chi connectivity index (χ0n) is 13.6. The SMILES string of the molecule is CCCCCC(=O)Nc1c(C#N)cnn1-c1nc(C)cc(C)n1. The molecule has 1 N–H and O–H groups in total. The van der Waals surface area contributed by atoms with Crippen LogP contribution in [0.1, 0.15) is 49.6 Å². The van der Waals surface area contributed by atoms with Gasteiger partial charge in [-0.15, -0.1) is 0 Å². The second-order valence-electron chi connectivity index (χ2n) is 5.39. The van der Waals surface area contributed by atoms with E-state index in [0.717, 1.165) is 30.7 Å². The molecule has 0 fully saturated rings. The number of hydrogen-bond donors (Lipinski definition) is 1. The van der Waals surface area contributed by atoms with Crippen molar-refractivity contribution in [2.75, 3.05) is 5.32 Å². The van der Waals surface area contributed by atoms with Crippen molar-refractivity contribution in [1.29, 1.82) is 5.26 Å². The molecule has 0 aliphatic rings. The minimum atomic E-state index is -0.138. The lowest BCUT2D eigenvalue weighted by Crippen LogP contribution is -2.17. The maximum absolute atomic E-state index is 12.1. The average Bonchev–Trinajstić information content (AvgIpc) is 2.89. The molecule has 7 nitrogen and oxygen atoms in total. The van der Waals surface area contributed by atoms with E-state index in [1.54, 1.807) is 0 Å². The van der Waals surface area contributed by atoms with Crippen LogP contribution in [0.4, 0.5) is 5.82 Å². The molecule has 0 unspecified atom stereocenters. The highest BCUT2D eigenvalue weighted by Crippen LogP contribution is 2.18. The lowest BCUT2D eigenvalue weighted by atomic mass is 10.2.